The normalized spacial score (nSPS) is 19.2. The summed E-state index contributed by atoms with van der Waals surface area (Å²) < 4.78 is 64.5. The van der Waals surface area contributed by atoms with Crippen molar-refractivity contribution in [3.63, 3.8) is 0 Å². The standard InChI is InChI=1S/C18H20F3N5O3S/c1-11-3-4-13(16(24-11)26-8-2-6-18(20,21)14(19)10-26)17(27)25-12-5-7-23-15(9-12)30(22,28)29/h3-5,7,9,14H,2,6,8,10H2,1H3,(H2,22,28,29)(H,23,25,27)/t14-/m0/s1. The van der Waals surface area contributed by atoms with E-state index in [1.807, 2.05) is 0 Å². The second-order valence-corrected chi connectivity index (χ2v) is 8.49. The Hall–Kier alpha value is -2.73. The number of sulfonamides is 1. The van der Waals surface area contributed by atoms with Gasteiger partial charge in [-0.05, 0) is 31.5 Å². The minimum Gasteiger partial charge on any atom is -0.353 e. The van der Waals surface area contributed by atoms with Crippen molar-refractivity contribution in [2.75, 3.05) is 23.3 Å². The molecular formula is C18H20F3N5O3S. The van der Waals surface area contributed by atoms with Gasteiger partial charge < -0.3 is 10.2 Å². The molecule has 2 aromatic rings. The van der Waals surface area contributed by atoms with E-state index in [-0.39, 0.29) is 30.0 Å². The molecule has 30 heavy (non-hydrogen) atoms. The van der Waals surface area contributed by atoms with Crippen molar-refractivity contribution in [3.8, 4) is 0 Å². The van der Waals surface area contributed by atoms with Crippen LogP contribution >= 0.6 is 0 Å². The van der Waals surface area contributed by atoms with Crippen LogP contribution in [0, 0.1) is 6.92 Å². The molecule has 1 atom stereocenters. The first-order valence-electron chi connectivity index (χ1n) is 9.02. The molecule has 1 fully saturated rings. The third-order valence-corrected chi connectivity index (χ3v) is 5.43. The predicted octanol–water partition coefficient (Wildman–Crippen LogP) is 2.26. The molecule has 0 aromatic carbocycles. The topological polar surface area (TPSA) is 118 Å². The van der Waals surface area contributed by atoms with E-state index < -0.39 is 46.0 Å². The van der Waals surface area contributed by atoms with E-state index in [1.165, 1.54) is 17.0 Å². The molecule has 0 radical (unpaired) electrons. The third-order valence-electron chi connectivity index (χ3n) is 4.62. The number of nitrogens with two attached hydrogens (primary N) is 1. The average Bonchev–Trinajstić information content (AvgIpc) is 2.79. The third kappa shape index (κ3) is 4.87. The summed E-state index contributed by atoms with van der Waals surface area (Å²) >= 11 is 0. The molecule has 3 N–H and O–H groups in total. The zero-order valence-corrected chi connectivity index (χ0v) is 16.8. The molecule has 3 rings (SSSR count). The molecule has 162 valence electrons. The molecule has 1 amide bonds. The second kappa shape index (κ2) is 8.19. The Morgan fingerprint density at radius 2 is 2.07 bits per heavy atom. The molecule has 0 bridgehead atoms. The number of aromatic nitrogens is 2. The van der Waals surface area contributed by atoms with Gasteiger partial charge in [0.2, 0.25) is 0 Å². The molecule has 8 nitrogen and oxygen atoms in total. The van der Waals surface area contributed by atoms with Gasteiger partial charge in [-0.1, -0.05) is 0 Å². The largest absolute Gasteiger partial charge is 0.353 e. The first-order chi connectivity index (χ1) is 14.0. The van der Waals surface area contributed by atoms with Gasteiger partial charge in [-0.25, -0.2) is 36.7 Å². The van der Waals surface area contributed by atoms with E-state index in [4.69, 9.17) is 5.14 Å². The van der Waals surface area contributed by atoms with E-state index in [0.717, 1.165) is 12.3 Å². The number of carbonyl (C=O) groups excluding carboxylic acids is 1. The van der Waals surface area contributed by atoms with Crippen molar-refractivity contribution in [1.29, 1.82) is 0 Å². The van der Waals surface area contributed by atoms with Gasteiger partial charge in [-0.15, -0.1) is 0 Å². The molecule has 1 aliphatic heterocycles. The lowest BCUT2D eigenvalue weighted by Gasteiger charge is -2.26. The number of anilines is 2. The van der Waals surface area contributed by atoms with Crippen LogP contribution in [0.3, 0.4) is 0 Å². The van der Waals surface area contributed by atoms with Gasteiger partial charge in [0.25, 0.3) is 21.9 Å². The smallest absolute Gasteiger partial charge is 0.280 e. The molecule has 0 saturated carbocycles. The number of carbonyl (C=O) groups is 1. The van der Waals surface area contributed by atoms with Crippen molar-refractivity contribution in [3.05, 3.63) is 41.7 Å². The van der Waals surface area contributed by atoms with Crippen LogP contribution in [0.25, 0.3) is 0 Å². The molecule has 1 saturated heterocycles. The fourth-order valence-corrected chi connectivity index (χ4v) is 3.57. The number of primary sulfonamides is 1. The second-order valence-electron chi connectivity index (χ2n) is 6.98. The maximum absolute atomic E-state index is 14.1. The van der Waals surface area contributed by atoms with Crippen LogP contribution in [0.15, 0.2) is 35.5 Å². The summed E-state index contributed by atoms with van der Waals surface area (Å²) in [4.78, 5) is 22.0. The summed E-state index contributed by atoms with van der Waals surface area (Å²) in [5, 5.41) is 7.11. The molecule has 2 aromatic heterocycles. The number of pyridine rings is 2. The van der Waals surface area contributed by atoms with Crippen molar-refractivity contribution in [2.45, 2.75) is 36.9 Å². The molecule has 12 heteroatoms. The maximum atomic E-state index is 14.1. The monoisotopic (exact) mass is 443 g/mol. The summed E-state index contributed by atoms with van der Waals surface area (Å²) in [6.45, 7) is 1.16. The Labute approximate surface area is 171 Å². The number of hydrogen-bond acceptors (Lipinski definition) is 6. The van der Waals surface area contributed by atoms with Crippen LogP contribution in [0.2, 0.25) is 0 Å². The van der Waals surface area contributed by atoms with E-state index in [1.54, 1.807) is 13.0 Å². The summed E-state index contributed by atoms with van der Waals surface area (Å²) in [5.41, 5.74) is 0.664. The maximum Gasteiger partial charge on any atom is 0.280 e. The number of alkyl halides is 3. The molecule has 3 heterocycles. The van der Waals surface area contributed by atoms with Gasteiger partial charge in [0.15, 0.2) is 11.2 Å². The van der Waals surface area contributed by atoms with Crippen molar-refractivity contribution >= 4 is 27.4 Å². The van der Waals surface area contributed by atoms with Gasteiger partial charge >= 0.3 is 0 Å². The highest BCUT2D eigenvalue weighted by Gasteiger charge is 2.43. The van der Waals surface area contributed by atoms with Gasteiger partial charge in [0.1, 0.15) is 5.82 Å². The Kier molecular flexibility index (Phi) is 5.99. The van der Waals surface area contributed by atoms with Crippen molar-refractivity contribution in [1.82, 2.24) is 9.97 Å². The average molecular weight is 443 g/mol. The highest BCUT2D eigenvalue weighted by atomic mass is 32.2. The summed E-state index contributed by atoms with van der Waals surface area (Å²) in [7, 11) is -4.07. The van der Waals surface area contributed by atoms with Crippen LogP contribution in [0.4, 0.5) is 24.7 Å². The van der Waals surface area contributed by atoms with Crippen LogP contribution in [-0.4, -0.2) is 49.5 Å². The first kappa shape index (κ1) is 22.0. The summed E-state index contributed by atoms with van der Waals surface area (Å²) in [6.07, 6.45) is -1.79. The van der Waals surface area contributed by atoms with E-state index in [0.29, 0.717) is 5.69 Å². The number of rotatable bonds is 4. The van der Waals surface area contributed by atoms with Crippen LogP contribution in [0.1, 0.15) is 28.9 Å². The molecule has 0 spiro atoms. The highest BCUT2D eigenvalue weighted by Crippen LogP contribution is 2.33. The van der Waals surface area contributed by atoms with Crippen molar-refractivity contribution < 1.29 is 26.4 Å². The summed E-state index contributed by atoms with van der Waals surface area (Å²) in [5.74, 6) is -4.04. The van der Waals surface area contributed by atoms with Gasteiger partial charge in [-0.2, -0.15) is 0 Å². The fourth-order valence-electron chi connectivity index (χ4n) is 3.08. The minimum absolute atomic E-state index is 0.0339. The quantitative estimate of drug-likeness (QED) is 0.748. The Balaban J connectivity index is 1.91. The lowest BCUT2D eigenvalue weighted by atomic mass is 10.1. The zero-order chi connectivity index (χ0) is 22.1. The van der Waals surface area contributed by atoms with E-state index in [9.17, 15) is 26.4 Å². The highest BCUT2D eigenvalue weighted by molar-refractivity contribution is 7.89. The van der Waals surface area contributed by atoms with Gasteiger partial charge in [0, 0.05) is 36.6 Å². The van der Waals surface area contributed by atoms with Crippen LogP contribution in [-0.2, 0) is 10.0 Å². The SMILES string of the molecule is Cc1ccc(C(=O)Nc2ccnc(S(N)(=O)=O)c2)c(N2CCCC(F)(F)[C@@H](F)C2)n1. The van der Waals surface area contributed by atoms with Gasteiger partial charge in [0.05, 0.1) is 12.1 Å². The number of nitrogens with one attached hydrogen (secondary N) is 1. The first-order valence-corrected chi connectivity index (χ1v) is 10.6. The zero-order valence-electron chi connectivity index (χ0n) is 16.0. The number of nitrogens with zero attached hydrogens (tertiary/aromatic N) is 3. The van der Waals surface area contributed by atoms with Crippen molar-refractivity contribution in [2.24, 2.45) is 5.14 Å². The molecule has 0 unspecified atom stereocenters. The molecular weight excluding hydrogens is 423 g/mol. The lowest BCUT2D eigenvalue weighted by molar-refractivity contribution is -0.0705. The van der Waals surface area contributed by atoms with Crippen LogP contribution < -0.4 is 15.4 Å². The Morgan fingerprint density at radius 3 is 2.77 bits per heavy atom. The summed E-state index contributed by atoms with van der Waals surface area (Å²) in [6, 6.07) is 5.45. The van der Waals surface area contributed by atoms with E-state index >= 15 is 0 Å². The number of halogens is 3. The number of aryl methyl sites for hydroxylation is 1. The molecule has 1 aliphatic rings. The number of hydrogen-bond donors (Lipinski definition) is 2. The predicted molar refractivity (Wildman–Crippen MR) is 104 cm³/mol. The van der Waals surface area contributed by atoms with Gasteiger partial charge in [-0.3, -0.25) is 4.79 Å². The molecule has 0 aliphatic carbocycles. The number of amides is 1. The Morgan fingerprint density at radius 1 is 1.33 bits per heavy atom. The van der Waals surface area contributed by atoms with E-state index in [2.05, 4.69) is 15.3 Å². The Bertz CT molecular complexity index is 1060. The fraction of sp³-hybridized carbons (Fsp3) is 0.389. The minimum atomic E-state index is -4.07. The van der Waals surface area contributed by atoms with Crippen LogP contribution in [0.5, 0.6) is 0 Å². The lowest BCUT2D eigenvalue weighted by Crippen LogP contribution is -2.38.